The second-order valence-electron chi connectivity index (χ2n) is 4.40. The number of carbonyl (C=O) groups excluding carboxylic acids is 1. The summed E-state index contributed by atoms with van der Waals surface area (Å²) in [5.74, 6) is -0.00486. The highest BCUT2D eigenvalue weighted by molar-refractivity contribution is 6.07. The van der Waals surface area contributed by atoms with Gasteiger partial charge in [-0.25, -0.2) is 0 Å². The molecule has 0 saturated heterocycles. The molecular weight excluding hydrogens is 236 g/mol. The average Bonchev–Trinajstić information content (AvgIpc) is 2.45. The molecule has 0 unspecified atom stereocenters. The number of nitrogens with zero attached hydrogens (tertiary/aromatic N) is 1. The van der Waals surface area contributed by atoms with Crippen LogP contribution < -0.4 is 10.6 Å². The van der Waals surface area contributed by atoms with Crippen LogP contribution in [0.15, 0.2) is 54.6 Å². The van der Waals surface area contributed by atoms with Gasteiger partial charge in [-0.3, -0.25) is 4.79 Å². The molecular formula is C16H18N2O. The van der Waals surface area contributed by atoms with E-state index in [2.05, 4.69) is 0 Å². The van der Waals surface area contributed by atoms with E-state index in [9.17, 15) is 4.79 Å². The molecule has 0 atom stereocenters. The second kappa shape index (κ2) is 6.16. The molecule has 0 aliphatic heterocycles. The van der Waals surface area contributed by atoms with Gasteiger partial charge in [0.25, 0.3) is 5.91 Å². The Morgan fingerprint density at radius 1 is 1.05 bits per heavy atom. The lowest BCUT2D eigenvalue weighted by molar-refractivity contribution is 0.0987. The molecule has 2 N–H and O–H groups in total. The summed E-state index contributed by atoms with van der Waals surface area (Å²) in [5, 5.41) is 0. The van der Waals surface area contributed by atoms with E-state index in [1.165, 1.54) is 0 Å². The van der Waals surface area contributed by atoms with E-state index in [1.807, 2.05) is 61.5 Å². The molecule has 2 rings (SSSR count). The average molecular weight is 254 g/mol. The maximum absolute atomic E-state index is 12.6. The van der Waals surface area contributed by atoms with Crippen molar-refractivity contribution >= 4 is 11.6 Å². The number of para-hydroxylation sites is 1. The van der Waals surface area contributed by atoms with Crippen LogP contribution in [-0.4, -0.2) is 19.0 Å². The fourth-order valence-corrected chi connectivity index (χ4v) is 2.04. The molecule has 3 heteroatoms. The van der Waals surface area contributed by atoms with Crippen LogP contribution in [0.3, 0.4) is 0 Å². The fraction of sp³-hybridized carbons (Fsp3) is 0.188. The minimum absolute atomic E-state index is 0.00486. The number of carbonyl (C=O) groups is 1. The summed E-state index contributed by atoms with van der Waals surface area (Å²) in [6, 6.07) is 17.2. The molecule has 0 bridgehead atoms. The van der Waals surface area contributed by atoms with Crippen LogP contribution in [0.25, 0.3) is 0 Å². The normalized spacial score (nSPS) is 10.2. The number of benzene rings is 2. The van der Waals surface area contributed by atoms with E-state index < -0.39 is 0 Å². The molecule has 0 radical (unpaired) electrons. The van der Waals surface area contributed by atoms with Gasteiger partial charge in [0.05, 0.1) is 0 Å². The Morgan fingerprint density at radius 3 is 2.32 bits per heavy atom. The predicted molar refractivity (Wildman–Crippen MR) is 78.4 cm³/mol. The number of hydrogen-bond acceptors (Lipinski definition) is 2. The van der Waals surface area contributed by atoms with Gasteiger partial charge in [-0.15, -0.1) is 0 Å². The van der Waals surface area contributed by atoms with Gasteiger partial charge in [0.1, 0.15) is 0 Å². The van der Waals surface area contributed by atoms with Gasteiger partial charge in [0.2, 0.25) is 0 Å². The minimum atomic E-state index is -0.00486. The standard InChI is InChI=1S/C16H18N2O/c1-13-7-5-6-10-15(13)16(19)18(12-11-17)14-8-3-2-4-9-14/h2-10H,11-12,17H2,1H3. The Morgan fingerprint density at radius 2 is 1.68 bits per heavy atom. The minimum Gasteiger partial charge on any atom is -0.329 e. The molecule has 19 heavy (non-hydrogen) atoms. The lowest BCUT2D eigenvalue weighted by Gasteiger charge is -2.23. The predicted octanol–water partition coefficient (Wildman–Crippen LogP) is 2.60. The third-order valence-corrected chi connectivity index (χ3v) is 3.04. The topological polar surface area (TPSA) is 46.3 Å². The van der Waals surface area contributed by atoms with Gasteiger partial charge in [0.15, 0.2) is 0 Å². The SMILES string of the molecule is Cc1ccccc1C(=O)N(CCN)c1ccccc1. The molecule has 1 amide bonds. The van der Waals surface area contributed by atoms with Gasteiger partial charge >= 0.3 is 0 Å². The summed E-state index contributed by atoms with van der Waals surface area (Å²) in [7, 11) is 0. The molecule has 2 aromatic rings. The third-order valence-electron chi connectivity index (χ3n) is 3.04. The molecule has 0 aliphatic rings. The Bertz CT molecular complexity index is 552. The zero-order valence-corrected chi connectivity index (χ0v) is 11.0. The summed E-state index contributed by atoms with van der Waals surface area (Å²) in [6.45, 7) is 2.89. The molecule has 3 nitrogen and oxygen atoms in total. The van der Waals surface area contributed by atoms with Crippen LogP contribution in [-0.2, 0) is 0 Å². The number of hydrogen-bond donors (Lipinski definition) is 1. The molecule has 0 aliphatic carbocycles. The van der Waals surface area contributed by atoms with Crippen molar-refractivity contribution in [1.82, 2.24) is 0 Å². The van der Waals surface area contributed by atoms with E-state index in [1.54, 1.807) is 4.90 Å². The quantitative estimate of drug-likeness (QED) is 0.911. The van der Waals surface area contributed by atoms with Crippen molar-refractivity contribution in [3.05, 3.63) is 65.7 Å². The van der Waals surface area contributed by atoms with Crippen molar-refractivity contribution in [1.29, 1.82) is 0 Å². The number of nitrogens with two attached hydrogens (primary N) is 1. The molecule has 0 spiro atoms. The van der Waals surface area contributed by atoms with Gasteiger partial charge in [-0.1, -0.05) is 36.4 Å². The van der Waals surface area contributed by atoms with Crippen molar-refractivity contribution in [2.45, 2.75) is 6.92 Å². The number of rotatable bonds is 4. The van der Waals surface area contributed by atoms with Crippen molar-refractivity contribution < 1.29 is 4.79 Å². The highest BCUT2D eigenvalue weighted by Gasteiger charge is 2.17. The molecule has 98 valence electrons. The van der Waals surface area contributed by atoms with Gasteiger partial charge < -0.3 is 10.6 Å². The summed E-state index contributed by atoms with van der Waals surface area (Å²) in [6.07, 6.45) is 0. The van der Waals surface area contributed by atoms with E-state index >= 15 is 0 Å². The molecule has 0 heterocycles. The lowest BCUT2D eigenvalue weighted by Crippen LogP contribution is -2.35. The monoisotopic (exact) mass is 254 g/mol. The third kappa shape index (κ3) is 3.01. The number of aryl methyl sites for hydroxylation is 1. The first kappa shape index (κ1) is 13.3. The smallest absolute Gasteiger partial charge is 0.258 e. The van der Waals surface area contributed by atoms with Crippen molar-refractivity contribution in [2.24, 2.45) is 5.73 Å². The first-order valence-corrected chi connectivity index (χ1v) is 6.36. The Labute approximate surface area is 113 Å². The van der Waals surface area contributed by atoms with Crippen molar-refractivity contribution in [2.75, 3.05) is 18.0 Å². The zero-order chi connectivity index (χ0) is 13.7. The Hall–Kier alpha value is -2.13. The van der Waals surface area contributed by atoms with E-state index in [4.69, 9.17) is 5.73 Å². The van der Waals surface area contributed by atoms with Gasteiger partial charge in [-0.05, 0) is 30.7 Å². The molecule has 2 aromatic carbocycles. The first-order valence-electron chi connectivity index (χ1n) is 6.36. The zero-order valence-electron chi connectivity index (χ0n) is 11.0. The van der Waals surface area contributed by atoms with Gasteiger partial charge in [-0.2, -0.15) is 0 Å². The summed E-state index contributed by atoms with van der Waals surface area (Å²) in [5.41, 5.74) is 8.20. The van der Waals surface area contributed by atoms with Crippen molar-refractivity contribution in [3.8, 4) is 0 Å². The number of amides is 1. The van der Waals surface area contributed by atoms with E-state index in [0.29, 0.717) is 13.1 Å². The van der Waals surface area contributed by atoms with Crippen LogP contribution in [0.1, 0.15) is 15.9 Å². The van der Waals surface area contributed by atoms with E-state index in [-0.39, 0.29) is 5.91 Å². The molecule has 0 saturated carbocycles. The first-order chi connectivity index (χ1) is 9.24. The Kier molecular flexibility index (Phi) is 4.31. The highest BCUT2D eigenvalue weighted by Crippen LogP contribution is 2.18. The largest absolute Gasteiger partial charge is 0.329 e. The second-order valence-corrected chi connectivity index (χ2v) is 4.40. The van der Waals surface area contributed by atoms with E-state index in [0.717, 1.165) is 16.8 Å². The maximum Gasteiger partial charge on any atom is 0.258 e. The van der Waals surface area contributed by atoms with Crippen LogP contribution in [0.4, 0.5) is 5.69 Å². The van der Waals surface area contributed by atoms with Crippen LogP contribution in [0, 0.1) is 6.92 Å². The summed E-state index contributed by atoms with van der Waals surface area (Å²) < 4.78 is 0. The van der Waals surface area contributed by atoms with Crippen LogP contribution >= 0.6 is 0 Å². The summed E-state index contributed by atoms with van der Waals surface area (Å²) in [4.78, 5) is 14.4. The van der Waals surface area contributed by atoms with Crippen LogP contribution in [0.5, 0.6) is 0 Å². The fourth-order valence-electron chi connectivity index (χ4n) is 2.04. The Balaban J connectivity index is 2.35. The molecule has 0 aromatic heterocycles. The maximum atomic E-state index is 12.6. The van der Waals surface area contributed by atoms with Crippen LogP contribution in [0.2, 0.25) is 0 Å². The van der Waals surface area contributed by atoms with Crippen molar-refractivity contribution in [3.63, 3.8) is 0 Å². The molecule has 0 fully saturated rings. The lowest BCUT2D eigenvalue weighted by atomic mass is 10.1. The number of anilines is 1. The summed E-state index contributed by atoms with van der Waals surface area (Å²) >= 11 is 0. The highest BCUT2D eigenvalue weighted by atomic mass is 16.2. The van der Waals surface area contributed by atoms with Gasteiger partial charge in [0, 0.05) is 24.3 Å².